The van der Waals surface area contributed by atoms with Crippen LogP contribution in [0.25, 0.3) is 0 Å². The van der Waals surface area contributed by atoms with Crippen LogP contribution in [0, 0.1) is 6.92 Å². The molecule has 0 saturated carbocycles. The molecule has 0 atom stereocenters. The van der Waals surface area contributed by atoms with Crippen LogP contribution in [0.4, 0.5) is 17.5 Å². The second-order valence-corrected chi connectivity index (χ2v) is 6.33. The van der Waals surface area contributed by atoms with Crippen LogP contribution in [-0.4, -0.2) is 24.2 Å². The quantitative estimate of drug-likeness (QED) is 0.609. The largest absolute Gasteiger partial charge is 0.493 e. The van der Waals surface area contributed by atoms with Gasteiger partial charge in [-0.25, -0.2) is 4.98 Å². The summed E-state index contributed by atoms with van der Waals surface area (Å²) in [6.45, 7) is 2.51. The number of aryl methyl sites for hydroxylation is 1. The van der Waals surface area contributed by atoms with E-state index >= 15 is 0 Å². The maximum Gasteiger partial charge on any atom is 0.229 e. The predicted molar refractivity (Wildman–Crippen MR) is 108 cm³/mol. The van der Waals surface area contributed by atoms with Crippen molar-refractivity contribution in [3.05, 3.63) is 64.8 Å². The van der Waals surface area contributed by atoms with Crippen molar-refractivity contribution in [1.29, 1.82) is 0 Å². The molecule has 0 spiro atoms. The van der Waals surface area contributed by atoms with E-state index in [0.717, 1.165) is 22.8 Å². The van der Waals surface area contributed by atoms with Crippen LogP contribution in [0.1, 0.15) is 11.3 Å². The van der Waals surface area contributed by atoms with Crippen molar-refractivity contribution in [3.8, 4) is 11.5 Å². The molecular formula is C20H21ClN4O2. The minimum absolute atomic E-state index is 0.507. The van der Waals surface area contributed by atoms with Crippen LogP contribution >= 0.6 is 11.6 Å². The van der Waals surface area contributed by atoms with Gasteiger partial charge in [0, 0.05) is 29.0 Å². The third-order valence-corrected chi connectivity index (χ3v) is 4.09. The monoisotopic (exact) mass is 384 g/mol. The van der Waals surface area contributed by atoms with Gasteiger partial charge in [0.05, 0.1) is 14.2 Å². The van der Waals surface area contributed by atoms with Gasteiger partial charge in [-0.1, -0.05) is 23.7 Å². The molecule has 27 heavy (non-hydrogen) atoms. The highest BCUT2D eigenvalue weighted by atomic mass is 35.5. The molecule has 7 heteroatoms. The summed E-state index contributed by atoms with van der Waals surface area (Å²) >= 11 is 6.03. The Hall–Kier alpha value is -2.99. The molecule has 1 heterocycles. The van der Waals surface area contributed by atoms with Gasteiger partial charge in [-0.05, 0) is 42.8 Å². The molecule has 2 N–H and O–H groups in total. The van der Waals surface area contributed by atoms with Crippen LogP contribution in [0.15, 0.2) is 48.5 Å². The first-order valence-electron chi connectivity index (χ1n) is 8.40. The van der Waals surface area contributed by atoms with Crippen LogP contribution in [0.5, 0.6) is 11.5 Å². The number of benzene rings is 2. The number of methoxy groups -OCH3 is 2. The fourth-order valence-electron chi connectivity index (χ4n) is 2.59. The fraction of sp³-hybridized carbons (Fsp3) is 0.200. The first-order chi connectivity index (χ1) is 13.1. The van der Waals surface area contributed by atoms with Crippen molar-refractivity contribution < 1.29 is 9.47 Å². The number of ether oxygens (including phenoxy) is 2. The molecule has 6 nitrogen and oxygen atoms in total. The number of hydrogen-bond acceptors (Lipinski definition) is 6. The first kappa shape index (κ1) is 18.8. The average Bonchev–Trinajstić information content (AvgIpc) is 2.65. The Labute approximate surface area is 163 Å². The highest BCUT2D eigenvalue weighted by Crippen LogP contribution is 2.28. The maximum atomic E-state index is 6.03. The van der Waals surface area contributed by atoms with E-state index in [2.05, 4.69) is 20.6 Å². The highest BCUT2D eigenvalue weighted by Gasteiger charge is 2.06. The van der Waals surface area contributed by atoms with Crippen molar-refractivity contribution in [2.75, 3.05) is 24.9 Å². The van der Waals surface area contributed by atoms with Crippen LogP contribution in [-0.2, 0) is 6.54 Å². The van der Waals surface area contributed by atoms with Crippen LogP contribution in [0.2, 0.25) is 5.02 Å². The van der Waals surface area contributed by atoms with Gasteiger partial charge in [-0.3, -0.25) is 0 Å². The van der Waals surface area contributed by atoms with E-state index in [1.165, 1.54) is 0 Å². The third kappa shape index (κ3) is 5.01. The molecule has 0 aliphatic carbocycles. The topological polar surface area (TPSA) is 68.3 Å². The Morgan fingerprint density at radius 2 is 1.78 bits per heavy atom. The number of nitrogens with zero attached hydrogens (tertiary/aromatic N) is 2. The van der Waals surface area contributed by atoms with E-state index in [1.54, 1.807) is 14.2 Å². The standard InChI is InChI=1S/C20H21ClN4O2/c1-13-9-19(22-12-14-7-8-17(26-2)18(10-14)27-3)25-20(23-13)24-16-6-4-5-15(21)11-16/h4-11H,12H2,1-3H3,(H2,22,23,24,25). The number of anilines is 3. The van der Waals surface area contributed by atoms with Gasteiger partial charge < -0.3 is 20.1 Å². The molecule has 0 amide bonds. The minimum atomic E-state index is 0.507. The normalized spacial score (nSPS) is 10.4. The fourth-order valence-corrected chi connectivity index (χ4v) is 2.78. The van der Waals surface area contributed by atoms with E-state index in [1.807, 2.05) is 55.5 Å². The van der Waals surface area contributed by atoms with Crippen molar-refractivity contribution in [2.24, 2.45) is 0 Å². The zero-order chi connectivity index (χ0) is 19.2. The maximum absolute atomic E-state index is 6.03. The van der Waals surface area contributed by atoms with Gasteiger partial charge in [0.2, 0.25) is 5.95 Å². The number of rotatable bonds is 7. The molecule has 3 rings (SSSR count). The Morgan fingerprint density at radius 1 is 0.963 bits per heavy atom. The van der Waals surface area contributed by atoms with Gasteiger partial charge in [-0.2, -0.15) is 4.98 Å². The molecule has 3 aromatic rings. The molecule has 0 fully saturated rings. The summed E-state index contributed by atoms with van der Waals surface area (Å²) < 4.78 is 10.6. The summed E-state index contributed by atoms with van der Waals surface area (Å²) in [4.78, 5) is 8.94. The van der Waals surface area contributed by atoms with E-state index in [4.69, 9.17) is 21.1 Å². The highest BCUT2D eigenvalue weighted by molar-refractivity contribution is 6.30. The Balaban J connectivity index is 1.73. The molecular weight excluding hydrogens is 364 g/mol. The average molecular weight is 385 g/mol. The molecule has 140 valence electrons. The van der Waals surface area contributed by atoms with Crippen molar-refractivity contribution in [3.63, 3.8) is 0 Å². The molecule has 0 unspecified atom stereocenters. The SMILES string of the molecule is COc1ccc(CNc2cc(C)nc(Nc3cccc(Cl)c3)n2)cc1OC. The van der Waals surface area contributed by atoms with E-state index in [9.17, 15) is 0 Å². The Morgan fingerprint density at radius 3 is 2.52 bits per heavy atom. The Kier molecular flexibility index (Phi) is 5.98. The molecule has 0 saturated heterocycles. The van der Waals surface area contributed by atoms with Gasteiger partial charge in [0.25, 0.3) is 0 Å². The van der Waals surface area contributed by atoms with Crippen molar-refractivity contribution in [1.82, 2.24) is 9.97 Å². The van der Waals surface area contributed by atoms with Crippen LogP contribution in [0.3, 0.4) is 0 Å². The lowest BCUT2D eigenvalue weighted by Crippen LogP contribution is -2.06. The van der Waals surface area contributed by atoms with Gasteiger partial charge in [0.1, 0.15) is 5.82 Å². The van der Waals surface area contributed by atoms with E-state index in [0.29, 0.717) is 29.0 Å². The smallest absolute Gasteiger partial charge is 0.229 e. The minimum Gasteiger partial charge on any atom is -0.493 e. The lowest BCUT2D eigenvalue weighted by Gasteiger charge is -2.12. The molecule has 1 aromatic heterocycles. The Bertz CT molecular complexity index is 934. The summed E-state index contributed by atoms with van der Waals surface area (Å²) in [6.07, 6.45) is 0. The molecule has 0 aliphatic rings. The second kappa shape index (κ2) is 8.60. The van der Waals surface area contributed by atoms with Gasteiger partial charge in [-0.15, -0.1) is 0 Å². The number of hydrogen-bond donors (Lipinski definition) is 2. The first-order valence-corrected chi connectivity index (χ1v) is 8.78. The summed E-state index contributed by atoms with van der Waals surface area (Å²) in [7, 11) is 3.24. The predicted octanol–water partition coefficient (Wildman–Crippen LogP) is 4.81. The van der Waals surface area contributed by atoms with Crippen molar-refractivity contribution in [2.45, 2.75) is 13.5 Å². The van der Waals surface area contributed by atoms with E-state index in [-0.39, 0.29) is 0 Å². The summed E-state index contributed by atoms with van der Waals surface area (Å²) in [5.41, 5.74) is 2.73. The molecule has 0 aliphatic heterocycles. The van der Waals surface area contributed by atoms with Gasteiger partial charge in [0.15, 0.2) is 11.5 Å². The number of nitrogens with one attached hydrogen (secondary N) is 2. The zero-order valence-corrected chi connectivity index (χ0v) is 16.2. The van der Waals surface area contributed by atoms with E-state index < -0.39 is 0 Å². The molecule has 2 aromatic carbocycles. The number of halogens is 1. The second-order valence-electron chi connectivity index (χ2n) is 5.90. The summed E-state index contributed by atoms with van der Waals surface area (Å²) in [5.74, 6) is 2.63. The zero-order valence-electron chi connectivity index (χ0n) is 15.4. The summed E-state index contributed by atoms with van der Waals surface area (Å²) in [6, 6.07) is 15.1. The lowest BCUT2D eigenvalue weighted by atomic mass is 10.2. The molecule has 0 radical (unpaired) electrons. The van der Waals surface area contributed by atoms with Crippen molar-refractivity contribution >= 4 is 29.1 Å². The van der Waals surface area contributed by atoms with Crippen LogP contribution < -0.4 is 20.1 Å². The lowest BCUT2D eigenvalue weighted by molar-refractivity contribution is 0.354. The number of aromatic nitrogens is 2. The summed E-state index contributed by atoms with van der Waals surface area (Å²) in [5, 5.41) is 7.14. The van der Waals surface area contributed by atoms with Gasteiger partial charge >= 0.3 is 0 Å². The molecule has 0 bridgehead atoms. The third-order valence-electron chi connectivity index (χ3n) is 3.86.